The Morgan fingerprint density at radius 1 is 1.17 bits per heavy atom. The molecular formula is C23H30N. The highest BCUT2D eigenvalue weighted by atomic mass is 14.6. The fourth-order valence-corrected chi connectivity index (χ4v) is 6.62. The van der Waals surface area contributed by atoms with Gasteiger partial charge in [0.2, 0.25) is 0 Å². The summed E-state index contributed by atoms with van der Waals surface area (Å²) in [7, 11) is 0. The fraction of sp³-hybridized carbons (Fsp3) is 0.652. The van der Waals surface area contributed by atoms with Gasteiger partial charge in [-0.3, -0.25) is 4.98 Å². The van der Waals surface area contributed by atoms with Gasteiger partial charge in [-0.2, -0.15) is 0 Å². The van der Waals surface area contributed by atoms with Crippen LogP contribution >= 0.6 is 0 Å². The Balaban J connectivity index is 1.45. The molecule has 0 aliphatic heterocycles. The van der Waals surface area contributed by atoms with Crippen LogP contribution in [0.15, 0.2) is 24.5 Å². The monoisotopic (exact) mass is 320 g/mol. The van der Waals surface area contributed by atoms with Crippen molar-refractivity contribution in [2.45, 2.75) is 64.7 Å². The van der Waals surface area contributed by atoms with Gasteiger partial charge in [-0.15, -0.1) is 12.3 Å². The van der Waals surface area contributed by atoms with E-state index in [-0.39, 0.29) is 0 Å². The zero-order valence-corrected chi connectivity index (χ0v) is 15.0. The predicted molar refractivity (Wildman–Crippen MR) is 99.0 cm³/mol. The van der Waals surface area contributed by atoms with Crippen LogP contribution in [0.5, 0.6) is 0 Å². The molecule has 0 amide bonds. The Kier molecular flexibility index (Phi) is 4.42. The van der Waals surface area contributed by atoms with Crippen LogP contribution in [-0.2, 0) is 0 Å². The number of rotatable bonds is 6. The van der Waals surface area contributed by atoms with Gasteiger partial charge in [0.25, 0.3) is 0 Å². The third-order valence-electron chi connectivity index (χ3n) is 7.18. The van der Waals surface area contributed by atoms with Gasteiger partial charge in [0.15, 0.2) is 0 Å². The maximum atomic E-state index is 5.98. The number of nitrogens with zero attached hydrogens (tertiary/aromatic N) is 1. The Hall–Kier alpha value is -1.29. The molecule has 1 aromatic rings. The summed E-state index contributed by atoms with van der Waals surface area (Å²) >= 11 is 0. The molecule has 1 heteroatoms. The first kappa shape index (κ1) is 16.2. The topological polar surface area (TPSA) is 12.9 Å². The Bertz CT molecular complexity index is 561. The van der Waals surface area contributed by atoms with E-state index < -0.39 is 0 Å². The minimum Gasteiger partial charge on any atom is -0.265 e. The lowest BCUT2D eigenvalue weighted by atomic mass is 9.48. The number of hydrogen-bond donors (Lipinski definition) is 0. The largest absolute Gasteiger partial charge is 0.265 e. The van der Waals surface area contributed by atoms with Crippen molar-refractivity contribution >= 4 is 0 Å². The van der Waals surface area contributed by atoms with Crippen molar-refractivity contribution in [3.05, 3.63) is 36.0 Å². The average Bonchev–Trinajstić information content (AvgIpc) is 2.58. The van der Waals surface area contributed by atoms with Crippen molar-refractivity contribution in [3.8, 4) is 12.3 Å². The summed E-state index contributed by atoms with van der Waals surface area (Å²) in [6.07, 6.45) is 22.4. The van der Waals surface area contributed by atoms with Gasteiger partial charge in [0.1, 0.15) is 0 Å². The third kappa shape index (κ3) is 3.01. The number of pyridine rings is 1. The maximum Gasteiger partial charge on any atom is 0.0306 e. The van der Waals surface area contributed by atoms with Crippen LogP contribution in [0.4, 0.5) is 0 Å². The molecule has 4 saturated carbocycles. The van der Waals surface area contributed by atoms with E-state index in [1.807, 2.05) is 12.4 Å². The van der Waals surface area contributed by atoms with Crippen LogP contribution in [-0.4, -0.2) is 4.98 Å². The SMILES string of the molecule is C#CC(CCC12CC3CC(CC(C3)C1)C2)[C](CC)c1ccncc1. The summed E-state index contributed by atoms with van der Waals surface area (Å²) in [5.74, 6) is 7.97. The first-order valence-corrected chi connectivity index (χ1v) is 9.93. The highest BCUT2D eigenvalue weighted by molar-refractivity contribution is 5.33. The van der Waals surface area contributed by atoms with Crippen LogP contribution in [0, 0.1) is 47.3 Å². The summed E-state index contributed by atoms with van der Waals surface area (Å²) < 4.78 is 0. The van der Waals surface area contributed by atoms with Gasteiger partial charge in [0, 0.05) is 24.2 Å². The highest BCUT2D eigenvalue weighted by Gasteiger charge is 2.50. The molecule has 1 heterocycles. The molecule has 0 aromatic carbocycles. The van der Waals surface area contributed by atoms with E-state index in [1.54, 1.807) is 0 Å². The molecule has 0 spiro atoms. The molecule has 4 fully saturated rings. The summed E-state index contributed by atoms with van der Waals surface area (Å²) in [5, 5.41) is 0. The normalized spacial score (nSPS) is 35.1. The van der Waals surface area contributed by atoms with Crippen molar-refractivity contribution < 1.29 is 0 Å². The zero-order chi connectivity index (χ0) is 16.6. The molecule has 5 rings (SSSR count). The van der Waals surface area contributed by atoms with E-state index in [1.165, 1.54) is 62.8 Å². The molecule has 127 valence electrons. The van der Waals surface area contributed by atoms with Gasteiger partial charge in [-0.05, 0) is 98.7 Å². The molecule has 1 nitrogen and oxygen atoms in total. The summed E-state index contributed by atoms with van der Waals surface area (Å²) in [5.41, 5.74) is 1.93. The van der Waals surface area contributed by atoms with Crippen LogP contribution < -0.4 is 0 Å². The van der Waals surface area contributed by atoms with Crippen molar-refractivity contribution in [1.29, 1.82) is 0 Å². The van der Waals surface area contributed by atoms with Crippen molar-refractivity contribution in [2.75, 3.05) is 0 Å². The first-order chi connectivity index (χ1) is 11.7. The standard InChI is InChI=1S/C23H30N/c1-3-20(22(4-2)21-6-9-24-10-7-21)5-8-23-14-17-11-18(15-23)13-19(12-17)16-23/h1,6-7,9-10,17-20H,4-5,8,11-16H2,2H3. The minimum absolute atomic E-state index is 0.297. The lowest BCUT2D eigenvalue weighted by Gasteiger charge is -2.57. The minimum atomic E-state index is 0.297. The number of hydrogen-bond acceptors (Lipinski definition) is 1. The molecule has 1 radical (unpaired) electrons. The molecule has 4 bridgehead atoms. The maximum absolute atomic E-state index is 5.98. The quantitative estimate of drug-likeness (QED) is 0.616. The molecule has 4 aliphatic rings. The van der Waals surface area contributed by atoms with Crippen molar-refractivity contribution in [1.82, 2.24) is 4.98 Å². The van der Waals surface area contributed by atoms with E-state index in [0.717, 1.165) is 24.2 Å². The van der Waals surface area contributed by atoms with E-state index in [0.29, 0.717) is 11.3 Å². The Morgan fingerprint density at radius 2 is 1.75 bits per heavy atom. The second kappa shape index (κ2) is 6.55. The van der Waals surface area contributed by atoms with Gasteiger partial charge in [0.05, 0.1) is 0 Å². The van der Waals surface area contributed by atoms with Crippen LogP contribution in [0.25, 0.3) is 0 Å². The van der Waals surface area contributed by atoms with E-state index in [2.05, 4.69) is 30.0 Å². The van der Waals surface area contributed by atoms with Crippen LogP contribution in [0.1, 0.15) is 70.3 Å². The highest BCUT2D eigenvalue weighted by Crippen LogP contribution is 2.62. The Labute approximate surface area is 147 Å². The molecule has 24 heavy (non-hydrogen) atoms. The number of aromatic nitrogens is 1. The lowest BCUT2D eigenvalue weighted by Crippen LogP contribution is -2.46. The van der Waals surface area contributed by atoms with Gasteiger partial charge in [-0.1, -0.05) is 6.92 Å². The zero-order valence-electron chi connectivity index (χ0n) is 15.0. The molecule has 1 unspecified atom stereocenters. The van der Waals surface area contributed by atoms with Gasteiger partial charge >= 0.3 is 0 Å². The van der Waals surface area contributed by atoms with E-state index >= 15 is 0 Å². The average molecular weight is 320 g/mol. The van der Waals surface area contributed by atoms with E-state index in [9.17, 15) is 0 Å². The second-order valence-corrected chi connectivity index (χ2v) is 8.79. The van der Waals surface area contributed by atoms with Gasteiger partial charge < -0.3 is 0 Å². The molecule has 0 saturated heterocycles. The molecular weight excluding hydrogens is 290 g/mol. The lowest BCUT2D eigenvalue weighted by molar-refractivity contribution is -0.0590. The summed E-state index contributed by atoms with van der Waals surface area (Å²) in [6, 6.07) is 4.24. The molecule has 0 N–H and O–H groups in total. The number of terminal acetylenes is 1. The Morgan fingerprint density at radius 3 is 2.25 bits per heavy atom. The molecule has 1 atom stereocenters. The predicted octanol–water partition coefficient (Wildman–Crippen LogP) is 5.66. The molecule has 4 aliphatic carbocycles. The fourth-order valence-electron chi connectivity index (χ4n) is 6.62. The first-order valence-electron chi connectivity index (χ1n) is 9.93. The summed E-state index contributed by atoms with van der Waals surface area (Å²) in [6.45, 7) is 2.24. The smallest absolute Gasteiger partial charge is 0.0306 e. The molecule has 1 aromatic heterocycles. The van der Waals surface area contributed by atoms with Gasteiger partial charge in [-0.25, -0.2) is 0 Å². The van der Waals surface area contributed by atoms with E-state index in [4.69, 9.17) is 6.42 Å². The second-order valence-electron chi connectivity index (χ2n) is 8.79. The van der Waals surface area contributed by atoms with Crippen molar-refractivity contribution in [3.63, 3.8) is 0 Å². The van der Waals surface area contributed by atoms with Crippen LogP contribution in [0.2, 0.25) is 0 Å². The van der Waals surface area contributed by atoms with Crippen LogP contribution in [0.3, 0.4) is 0 Å². The summed E-state index contributed by atoms with van der Waals surface area (Å²) in [4.78, 5) is 4.16. The van der Waals surface area contributed by atoms with Crippen molar-refractivity contribution in [2.24, 2.45) is 29.1 Å². The third-order valence-corrected chi connectivity index (χ3v) is 7.18.